The average molecular weight is 293 g/mol. The molecule has 1 saturated heterocycles. The standard InChI is InChI=1S/C14H19N3O2S/c1-14(2)18-9-11(19-14)8-15-6-10-7-16-17-13(10)12-4-3-5-20-12/h3-5,7,11,15H,6,8-9H2,1-2H3,(H,16,17). The molecule has 2 N–H and O–H groups in total. The molecule has 1 atom stereocenters. The van der Waals surface area contributed by atoms with Crippen molar-refractivity contribution in [3.05, 3.63) is 29.3 Å². The van der Waals surface area contributed by atoms with Gasteiger partial charge in [-0.3, -0.25) is 5.10 Å². The molecule has 6 heteroatoms. The molecule has 0 aromatic carbocycles. The van der Waals surface area contributed by atoms with E-state index in [0.717, 1.165) is 18.8 Å². The third-order valence-corrected chi connectivity index (χ3v) is 4.13. The Morgan fingerprint density at radius 2 is 2.45 bits per heavy atom. The van der Waals surface area contributed by atoms with Crippen molar-refractivity contribution in [1.29, 1.82) is 0 Å². The summed E-state index contributed by atoms with van der Waals surface area (Å²) in [6, 6.07) is 4.14. The Balaban J connectivity index is 1.54. The van der Waals surface area contributed by atoms with E-state index in [1.807, 2.05) is 26.1 Å². The van der Waals surface area contributed by atoms with Gasteiger partial charge in [-0.1, -0.05) is 6.07 Å². The maximum absolute atomic E-state index is 5.76. The van der Waals surface area contributed by atoms with Crippen molar-refractivity contribution < 1.29 is 9.47 Å². The summed E-state index contributed by atoms with van der Waals surface area (Å²) in [6.07, 6.45) is 1.99. The smallest absolute Gasteiger partial charge is 0.163 e. The van der Waals surface area contributed by atoms with Gasteiger partial charge in [0.05, 0.1) is 29.5 Å². The van der Waals surface area contributed by atoms with Gasteiger partial charge in [-0.15, -0.1) is 11.3 Å². The summed E-state index contributed by atoms with van der Waals surface area (Å²) < 4.78 is 11.3. The molecule has 20 heavy (non-hydrogen) atoms. The van der Waals surface area contributed by atoms with E-state index in [1.165, 1.54) is 10.4 Å². The SMILES string of the molecule is CC1(C)OCC(CNCc2cn[nH]c2-c2cccs2)O1. The molecule has 3 rings (SSSR count). The van der Waals surface area contributed by atoms with Crippen LogP contribution in [0.25, 0.3) is 10.6 Å². The van der Waals surface area contributed by atoms with Gasteiger partial charge >= 0.3 is 0 Å². The summed E-state index contributed by atoms with van der Waals surface area (Å²) in [5.41, 5.74) is 2.27. The molecular formula is C14H19N3O2S. The lowest BCUT2D eigenvalue weighted by Gasteiger charge is -2.17. The molecular weight excluding hydrogens is 274 g/mol. The van der Waals surface area contributed by atoms with Crippen molar-refractivity contribution in [1.82, 2.24) is 15.5 Å². The van der Waals surface area contributed by atoms with Crippen LogP contribution in [0.15, 0.2) is 23.7 Å². The molecule has 0 amide bonds. The number of hydrogen-bond donors (Lipinski definition) is 2. The average Bonchev–Trinajstić information content (AvgIpc) is 3.09. The van der Waals surface area contributed by atoms with Gasteiger partial charge in [-0.2, -0.15) is 5.10 Å². The molecule has 1 aliphatic rings. The Morgan fingerprint density at radius 3 is 3.15 bits per heavy atom. The van der Waals surface area contributed by atoms with Gasteiger partial charge in [0.1, 0.15) is 0 Å². The summed E-state index contributed by atoms with van der Waals surface area (Å²) in [5.74, 6) is -0.454. The monoisotopic (exact) mass is 293 g/mol. The van der Waals surface area contributed by atoms with E-state index in [0.29, 0.717) is 6.61 Å². The van der Waals surface area contributed by atoms with Crippen LogP contribution >= 0.6 is 11.3 Å². The molecule has 108 valence electrons. The first-order chi connectivity index (χ1) is 9.64. The van der Waals surface area contributed by atoms with Crippen LogP contribution in [0.2, 0.25) is 0 Å². The van der Waals surface area contributed by atoms with E-state index in [4.69, 9.17) is 9.47 Å². The van der Waals surface area contributed by atoms with Crippen LogP contribution in [0.1, 0.15) is 19.4 Å². The van der Waals surface area contributed by atoms with Gasteiger partial charge in [0.2, 0.25) is 0 Å². The van der Waals surface area contributed by atoms with E-state index in [2.05, 4.69) is 27.0 Å². The van der Waals surface area contributed by atoms with Gasteiger partial charge in [0.25, 0.3) is 0 Å². The van der Waals surface area contributed by atoms with Crippen LogP contribution in [0, 0.1) is 0 Å². The summed E-state index contributed by atoms with van der Waals surface area (Å²) in [6.45, 7) is 6.07. The van der Waals surface area contributed by atoms with Gasteiger partial charge < -0.3 is 14.8 Å². The molecule has 2 aromatic rings. The Hall–Kier alpha value is -1.21. The first-order valence-corrected chi connectivity index (χ1v) is 7.61. The van der Waals surface area contributed by atoms with Crippen molar-refractivity contribution in [3.8, 4) is 10.6 Å². The van der Waals surface area contributed by atoms with E-state index in [-0.39, 0.29) is 6.10 Å². The summed E-state index contributed by atoms with van der Waals surface area (Å²) in [7, 11) is 0. The fourth-order valence-corrected chi connectivity index (χ4v) is 3.07. The maximum atomic E-state index is 5.76. The predicted octanol–water partition coefficient (Wildman–Crippen LogP) is 2.38. The van der Waals surface area contributed by atoms with E-state index in [9.17, 15) is 0 Å². The third-order valence-electron chi connectivity index (χ3n) is 3.24. The minimum atomic E-state index is -0.454. The summed E-state index contributed by atoms with van der Waals surface area (Å²) in [4.78, 5) is 1.21. The highest BCUT2D eigenvalue weighted by molar-refractivity contribution is 7.13. The molecule has 1 aliphatic heterocycles. The lowest BCUT2D eigenvalue weighted by Crippen LogP contribution is -2.30. The van der Waals surface area contributed by atoms with E-state index < -0.39 is 5.79 Å². The molecule has 3 heterocycles. The number of aromatic amines is 1. The molecule has 5 nitrogen and oxygen atoms in total. The van der Waals surface area contributed by atoms with Crippen molar-refractivity contribution >= 4 is 11.3 Å². The minimum Gasteiger partial charge on any atom is -0.348 e. The highest BCUT2D eigenvalue weighted by Gasteiger charge is 2.32. The van der Waals surface area contributed by atoms with E-state index in [1.54, 1.807) is 11.3 Å². The van der Waals surface area contributed by atoms with Gasteiger partial charge in [-0.25, -0.2) is 0 Å². The third kappa shape index (κ3) is 3.09. The number of rotatable bonds is 5. The zero-order chi connectivity index (χ0) is 14.0. The highest BCUT2D eigenvalue weighted by Crippen LogP contribution is 2.26. The molecule has 0 radical (unpaired) electrons. The molecule has 0 aliphatic carbocycles. The number of ether oxygens (including phenoxy) is 2. The Bertz CT molecular complexity index is 551. The number of aromatic nitrogens is 2. The number of nitrogens with one attached hydrogen (secondary N) is 2. The molecule has 0 spiro atoms. The first kappa shape index (κ1) is 13.8. The Labute approximate surface area is 122 Å². The van der Waals surface area contributed by atoms with Gasteiger partial charge in [0.15, 0.2) is 5.79 Å². The fourth-order valence-electron chi connectivity index (χ4n) is 2.31. The van der Waals surface area contributed by atoms with E-state index >= 15 is 0 Å². The van der Waals surface area contributed by atoms with Crippen molar-refractivity contribution in [2.75, 3.05) is 13.2 Å². The van der Waals surface area contributed by atoms with Gasteiger partial charge in [-0.05, 0) is 25.3 Å². The second-order valence-corrected chi connectivity index (χ2v) is 6.28. The topological polar surface area (TPSA) is 59.2 Å². The summed E-state index contributed by atoms with van der Waals surface area (Å²) in [5, 5.41) is 12.7. The minimum absolute atomic E-state index is 0.113. The summed E-state index contributed by atoms with van der Waals surface area (Å²) >= 11 is 1.71. The van der Waals surface area contributed by atoms with Crippen molar-refractivity contribution in [2.45, 2.75) is 32.3 Å². The maximum Gasteiger partial charge on any atom is 0.163 e. The zero-order valence-corrected chi connectivity index (χ0v) is 12.5. The van der Waals surface area contributed by atoms with Gasteiger partial charge in [0, 0.05) is 18.7 Å². The quantitative estimate of drug-likeness (QED) is 0.888. The number of nitrogens with zero attached hydrogens (tertiary/aromatic N) is 1. The second-order valence-electron chi connectivity index (χ2n) is 5.33. The van der Waals surface area contributed by atoms with Crippen LogP contribution in [-0.4, -0.2) is 35.2 Å². The van der Waals surface area contributed by atoms with Crippen LogP contribution < -0.4 is 5.32 Å². The zero-order valence-electron chi connectivity index (χ0n) is 11.7. The Kier molecular flexibility index (Phi) is 3.89. The highest BCUT2D eigenvalue weighted by atomic mass is 32.1. The predicted molar refractivity (Wildman–Crippen MR) is 78.5 cm³/mol. The van der Waals surface area contributed by atoms with Crippen LogP contribution in [-0.2, 0) is 16.0 Å². The molecule has 0 bridgehead atoms. The molecule has 1 fully saturated rings. The number of H-pyrrole nitrogens is 1. The molecule has 1 unspecified atom stereocenters. The number of hydrogen-bond acceptors (Lipinski definition) is 5. The van der Waals surface area contributed by atoms with Crippen LogP contribution in [0.3, 0.4) is 0 Å². The van der Waals surface area contributed by atoms with Crippen molar-refractivity contribution in [3.63, 3.8) is 0 Å². The van der Waals surface area contributed by atoms with Crippen molar-refractivity contribution in [2.24, 2.45) is 0 Å². The van der Waals surface area contributed by atoms with Crippen LogP contribution in [0.5, 0.6) is 0 Å². The van der Waals surface area contributed by atoms with Crippen LogP contribution in [0.4, 0.5) is 0 Å². The fraction of sp³-hybridized carbons (Fsp3) is 0.500. The number of thiophene rings is 1. The second kappa shape index (κ2) is 5.65. The lowest BCUT2D eigenvalue weighted by atomic mass is 10.2. The first-order valence-electron chi connectivity index (χ1n) is 6.73. The lowest BCUT2D eigenvalue weighted by molar-refractivity contribution is -0.137. The largest absolute Gasteiger partial charge is 0.348 e. The Morgan fingerprint density at radius 1 is 1.55 bits per heavy atom. The molecule has 2 aromatic heterocycles. The molecule has 0 saturated carbocycles. The normalized spacial score (nSPS) is 21.4.